The number of methoxy groups -OCH3 is 1. The quantitative estimate of drug-likeness (QED) is 0.642. The lowest BCUT2D eigenvalue weighted by atomic mass is 10.3. The zero-order valence-corrected chi connectivity index (χ0v) is 16.4. The molecule has 28 heavy (non-hydrogen) atoms. The number of halogens is 1. The molecule has 0 spiro atoms. The lowest BCUT2D eigenvalue weighted by Gasteiger charge is -2.35. The monoisotopic (exact) mass is 409 g/mol. The Balaban J connectivity index is 0.00000225. The van der Waals surface area contributed by atoms with Crippen molar-refractivity contribution in [1.82, 2.24) is 35.3 Å². The summed E-state index contributed by atoms with van der Waals surface area (Å²) in [6, 6.07) is 1.87. The number of anilines is 2. The molecule has 0 amide bonds. The Hall–Kier alpha value is -2.47. The van der Waals surface area contributed by atoms with Gasteiger partial charge in [-0.1, -0.05) is 5.21 Å². The molecule has 1 fully saturated rings. The summed E-state index contributed by atoms with van der Waals surface area (Å²) in [7, 11) is 1.72. The zero-order valence-electron chi connectivity index (χ0n) is 15.5. The maximum absolute atomic E-state index is 10.6. The summed E-state index contributed by atoms with van der Waals surface area (Å²) in [4.78, 5) is 13.3. The average Bonchev–Trinajstić information content (AvgIpc) is 3.36. The van der Waals surface area contributed by atoms with Crippen molar-refractivity contribution in [3.63, 3.8) is 0 Å². The molecule has 0 saturated carbocycles. The van der Waals surface area contributed by atoms with Gasteiger partial charge in [-0.3, -0.25) is 10.3 Å². The second kappa shape index (κ2) is 9.15. The molecule has 4 rings (SSSR count). The number of aromatic nitrogens is 5. The number of piperazine rings is 1. The van der Waals surface area contributed by atoms with Gasteiger partial charge in [0, 0.05) is 52.1 Å². The highest BCUT2D eigenvalue weighted by atomic mass is 35.5. The van der Waals surface area contributed by atoms with Crippen LogP contribution in [0.1, 0.15) is 0 Å². The minimum absolute atomic E-state index is 0. The van der Waals surface area contributed by atoms with E-state index in [2.05, 4.69) is 35.5 Å². The van der Waals surface area contributed by atoms with Crippen LogP contribution < -0.4 is 15.3 Å². The van der Waals surface area contributed by atoms with Crippen molar-refractivity contribution in [1.29, 1.82) is 0 Å². The Bertz CT molecular complexity index is 780. The Morgan fingerprint density at radius 2 is 2.00 bits per heavy atom. The van der Waals surface area contributed by atoms with E-state index < -0.39 is 6.23 Å². The number of aliphatic hydroxyl groups excluding tert-OH is 1. The van der Waals surface area contributed by atoms with Gasteiger partial charge in [0.25, 0.3) is 0 Å². The summed E-state index contributed by atoms with van der Waals surface area (Å²) in [5, 5.41) is 19.9. The van der Waals surface area contributed by atoms with Crippen molar-refractivity contribution < 1.29 is 9.84 Å². The Kier molecular flexibility index (Phi) is 6.62. The maximum Gasteiger partial charge on any atom is 0.192 e. The van der Waals surface area contributed by atoms with Crippen molar-refractivity contribution in [3.8, 4) is 0 Å². The van der Waals surface area contributed by atoms with Crippen LogP contribution in [0.25, 0.3) is 5.70 Å². The fraction of sp³-hybridized carbons (Fsp3) is 0.500. The number of nitrogens with one attached hydrogen (secondary N) is 1. The molecule has 2 N–H and O–H groups in total. The van der Waals surface area contributed by atoms with E-state index in [-0.39, 0.29) is 12.4 Å². The Morgan fingerprint density at radius 1 is 1.21 bits per heavy atom. The summed E-state index contributed by atoms with van der Waals surface area (Å²) in [5.41, 5.74) is 3.59. The first kappa shape index (κ1) is 20.3. The summed E-state index contributed by atoms with van der Waals surface area (Å²) < 4.78 is 6.66. The fourth-order valence-electron chi connectivity index (χ4n) is 3.20. The molecule has 152 valence electrons. The third kappa shape index (κ3) is 4.17. The zero-order chi connectivity index (χ0) is 18.6. The number of aliphatic hydroxyl groups is 1. The van der Waals surface area contributed by atoms with Gasteiger partial charge in [0.2, 0.25) is 0 Å². The second-order valence-corrected chi connectivity index (χ2v) is 6.35. The molecule has 2 aliphatic rings. The van der Waals surface area contributed by atoms with Crippen LogP contribution in [0.3, 0.4) is 0 Å². The summed E-state index contributed by atoms with van der Waals surface area (Å²) in [5.74, 6) is 1.43. The molecule has 0 aliphatic carbocycles. The van der Waals surface area contributed by atoms with Crippen molar-refractivity contribution in [3.05, 3.63) is 31.0 Å². The number of hydrogen-bond donors (Lipinski definition) is 2. The Labute approximate surface area is 169 Å². The summed E-state index contributed by atoms with van der Waals surface area (Å²) >= 11 is 0. The summed E-state index contributed by atoms with van der Waals surface area (Å²) in [6.07, 6.45) is 5.50. The predicted molar refractivity (Wildman–Crippen MR) is 106 cm³/mol. The molecule has 1 atom stereocenters. The average molecular weight is 410 g/mol. The second-order valence-electron chi connectivity index (χ2n) is 6.35. The topological polar surface area (TPSA) is 108 Å². The van der Waals surface area contributed by atoms with Gasteiger partial charge in [-0.25, -0.2) is 19.7 Å². The van der Waals surface area contributed by atoms with Gasteiger partial charge >= 0.3 is 0 Å². The molecule has 2 aromatic rings. The smallest absolute Gasteiger partial charge is 0.192 e. The van der Waals surface area contributed by atoms with Crippen molar-refractivity contribution in [2.75, 3.05) is 56.3 Å². The van der Waals surface area contributed by atoms with Crippen LogP contribution in [-0.4, -0.2) is 87.6 Å². The van der Waals surface area contributed by atoms with E-state index in [0.29, 0.717) is 11.5 Å². The van der Waals surface area contributed by atoms with Crippen molar-refractivity contribution in [2.24, 2.45) is 0 Å². The molecule has 0 radical (unpaired) electrons. The van der Waals surface area contributed by atoms with Gasteiger partial charge in [-0.05, 0) is 0 Å². The molecule has 1 saturated heterocycles. The predicted octanol–water partition coefficient (Wildman–Crippen LogP) is -0.600. The first-order valence-electron chi connectivity index (χ1n) is 8.85. The van der Waals surface area contributed by atoms with E-state index in [1.807, 2.05) is 6.07 Å². The number of ether oxygens (including phenoxy) is 1. The highest BCUT2D eigenvalue weighted by Gasteiger charge is 2.29. The molecule has 0 bridgehead atoms. The van der Waals surface area contributed by atoms with Crippen LogP contribution in [-0.2, 0) is 4.74 Å². The van der Waals surface area contributed by atoms with Crippen LogP contribution in [0, 0.1) is 0 Å². The number of hydrazine groups is 1. The lowest BCUT2D eigenvalue weighted by Crippen LogP contribution is -2.47. The third-order valence-corrected chi connectivity index (χ3v) is 4.74. The molecule has 12 heteroatoms. The van der Waals surface area contributed by atoms with Crippen LogP contribution in [0.2, 0.25) is 0 Å². The molecule has 2 aromatic heterocycles. The normalized spacial score (nSPS) is 19.9. The molecule has 1 unspecified atom stereocenters. The van der Waals surface area contributed by atoms with Crippen LogP contribution in [0.5, 0.6) is 0 Å². The van der Waals surface area contributed by atoms with Gasteiger partial charge in [-0.2, -0.15) is 0 Å². The van der Waals surface area contributed by atoms with E-state index in [0.717, 1.165) is 45.1 Å². The van der Waals surface area contributed by atoms with Gasteiger partial charge in [0.15, 0.2) is 12.0 Å². The highest BCUT2D eigenvalue weighted by molar-refractivity contribution is 5.85. The van der Waals surface area contributed by atoms with Crippen molar-refractivity contribution in [2.45, 2.75) is 6.23 Å². The largest absolute Gasteiger partial charge is 0.383 e. The van der Waals surface area contributed by atoms with E-state index in [1.54, 1.807) is 30.7 Å². The minimum atomic E-state index is -0.930. The van der Waals surface area contributed by atoms with Gasteiger partial charge in [-0.15, -0.1) is 17.5 Å². The lowest BCUT2D eigenvalue weighted by molar-refractivity contribution is 0.144. The van der Waals surface area contributed by atoms with E-state index in [9.17, 15) is 5.11 Å². The first-order chi connectivity index (χ1) is 13.3. The van der Waals surface area contributed by atoms with Gasteiger partial charge in [0.1, 0.15) is 17.8 Å². The van der Waals surface area contributed by atoms with Gasteiger partial charge < -0.3 is 14.7 Å². The van der Waals surface area contributed by atoms with Gasteiger partial charge in [0.05, 0.1) is 19.0 Å². The maximum atomic E-state index is 10.6. The third-order valence-electron chi connectivity index (χ3n) is 4.74. The van der Waals surface area contributed by atoms with Crippen LogP contribution >= 0.6 is 12.4 Å². The minimum Gasteiger partial charge on any atom is -0.383 e. The van der Waals surface area contributed by atoms with E-state index in [1.165, 1.54) is 11.0 Å². The number of rotatable bonds is 6. The molecule has 2 aliphatic heterocycles. The SMILES string of the molecule is COCCN1CCN(c2cc(N3NC=C(n4ccnn4)C3O)ncn2)CC1.Cl. The van der Waals surface area contributed by atoms with Crippen molar-refractivity contribution >= 4 is 29.7 Å². The first-order valence-corrected chi connectivity index (χ1v) is 8.85. The van der Waals surface area contributed by atoms with Crippen LogP contribution in [0.4, 0.5) is 11.6 Å². The van der Waals surface area contributed by atoms with E-state index >= 15 is 0 Å². The van der Waals surface area contributed by atoms with Crippen LogP contribution in [0.15, 0.2) is 31.0 Å². The standard InChI is InChI=1S/C16H23N9O2.ClH/c1-27-9-8-22-4-6-23(7-5-22)14-10-15(18-12-17-14)25-16(26)13(11-20-25)24-3-2-19-21-24;/h2-3,10-12,16,20,26H,4-9H2,1H3;1H. The molecule has 4 heterocycles. The number of nitrogens with zero attached hydrogens (tertiary/aromatic N) is 8. The fourth-order valence-corrected chi connectivity index (χ4v) is 3.20. The van der Waals surface area contributed by atoms with E-state index in [4.69, 9.17) is 4.74 Å². The molecule has 11 nitrogen and oxygen atoms in total. The summed E-state index contributed by atoms with van der Waals surface area (Å²) in [6.45, 7) is 5.39. The molecule has 0 aromatic carbocycles. The highest BCUT2D eigenvalue weighted by Crippen LogP contribution is 2.24. The Morgan fingerprint density at radius 3 is 2.71 bits per heavy atom. The number of hydrogen-bond acceptors (Lipinski definition) is 10. The molecular weight excluding hydrogens is 386 g/mol. The molecular formula is C16H24ClN9O2.